The molecule has 1 aromatic heterocycles. The first-order chi connectivity index (χ1) is 8.33. The van der Waals surface area contributed by atoms with E-state index in [1.165, 1.54) is 30.3 Å². The van der Waals surface area contributed by atoms with Crippen molar-refractivity contribution in [3.8, 4) is 0 Å². The highest BCUT2D eigenvalue weighted by Gasteiger charge is 2.15. The first kappa shape index (κ1) is 10.7. The van der Waals surface area contributed by atoms with Crippen molar-refractivity contribution in [2.75, 3.05) is 6.54 Å². The zero-order valence-electron chi connectivity index (χ0n) is 10.2. The van der Waals surface area contributed by atoms with Crippen molar-refractivity contribution < 1.29 is 0 Å². The van der Waals surface area contributed by atoms with Crippen molar-refractivity contribution in [2.24, 2.45) is 0 Å². The van der Waals surface area contributed by atoms with Crippen molar-refractivity contribution in [3.05, 3.63) is 41.6 Å². The van der Waals surface area contributed by atoms with Gasteiger partial charge in [-0.2, -0.15) is 0 Å². The van der Waals surface area contributed by atoms with Crippen molar-refractivity contribution >= 4 is 10.9 Å². The molecular weight excluding hydrogens is 208 g/mol. The van der Waals surface area contributed by atoms with E-state index in [9.17, 15) is 0 Å². The van der Waals surface area contributed by atoms with Gasteiger partial charge in [-0.05, 0) is 50.4 Å². The topological polar surface area (TPSA) is 24.9 Å². The molecule has 2 heterocycles. The van der Waals surface area contributed by atoms with Crippen LogP contribution in [0.25, 0.3) is 10.9 Å². The number of rotatable bonds is 2. The average Bonchev–Trinajstić information content (AvgIpc) is 2.81. The van der Waals surface area contributed by atoms with Crippen LogP contribution in [0.1, 0.15) is 24.1 Å². The molecule has 0 spiro atoms. The van der Waals surface area contributed by atoms with Gasteiger partial charge in [0.05, 0.1) is 5.52 Å². The molecule has 3 rings (SSSR count). The van der Waals surface area contributed by atoms with Crippen LogP contribution in [0.15, 0.2) is 30.3 Å². The summed E-state index contributed by atoms with van der Waals surface area (Å²) in [6.07, 6.45) is 3.74. The summed E-state index contributed by atoms with van der Waals surface area (Å²) in [6, 6.07) is 11.3. The highest BCUT2D eigenvalue weighted by Crippen LogP contribution is 2.21. The number of aromatic nitrogens is 1. The van der Waals surface area contributed by atoms with Gasteiger partial charge < -0.3 is 5.32 Å². The molecule has 0 bridgehead atoms. The van der Waals surface area contributed by atoms with Gasteiger partial charge in [0.15, 0.2) is 0 Å². The van der Waals surface area contributed by atoms with Gasteiger partial charge in [0.25, 0.3) is 0 Å². The zero-order valence-corrected chi connectivity index (χ0v) is 10.2. The van der Waals surface area contributed by atoms with E-state index in [0.29, 0.717) is 6.04 Å². The Morgan fingerprint density at radius 2 is 2.24 bits per heavy atom. The molecule has 1 atom stereocenters. The Morgan fingerprint density at radius 1 is 1.35 bits per heavy atom. The van der Waals surface area contributed by atoms with E-state index in [4.69, 9.17) is 0 Å². The Balaban J connectivity index is 2.01. The maximum absolute atomic E-state index is 4.59. The van der Waals surface area contributed by atoms with Gasteiger partial charge in [-0.3, -0.25) is 4.98 Å². The fourth-order valence-corrected chi connectivity index (χ4v) is 2.76. The van der Waals surface area contributed by atoms with Crippen LogP contribution in [0.4, 0.5) is 0 Å². The van der Waals surface area contributed by atoms with Gasteiger partial charge in [-0.15, -0.1) is 0 Å². The van der Waals surface area contributed by atoms with E-state index < -0.39 is 0 Å². The maximum atomic E-state index is 4.59. The van der Waals surface area contributed by atoms with Gasteiger partial charge >= 0.3 is 0 Å². The van der Waals surface area contributed by atoms with Gasteiger partial charge in [0.2, 0.25) is 0 Å². The molecule has 1 fully saturated rings. The van der Waals surface area contributed by atoms with Gasteiger partial charge in [-0.25, -0.2) is 0 Å². The standard InChI is InChI=1S/C15H18N2/c1-11-9-12(10-13-5-4-8-16-13)14-6-2-3-7-15(14)17-11/h2-3,6-7,9,13,16H,4-5,8,10H2,1H3. The number of aryl methyl sites for hydroxylation is 1. The van der Waals surface area contributed by atoms with Crippen LogP contribution in [-0.4, -0.2) is 17.6 Å². The largest absolute Gasteiger partial charge is 0.314 e. The quantitative estimate of drug-likeness (QED) is 0.851. The lowest BCUT2D eigenvalue weighted by molar-refractivity contribution is 0.604. The molecule has 1 aliphatic heterocycles. The van der Waals surface area contributed by atoms with E-state index in [1.807, 2.05) is 0 Å². The van der Waals surface area contributed by atoms with Crippen LogP contribution < -0.4 is 5.32 Å². The molecule has 1 aromatic carbocycles. The molecule has 2 aromatic rings. The summed E-state index contributed by atoms with van der Waals surface area (Å²) in [5, 5.41) is 4.88. The number of para-hydroxylation sites is 1. The van der Waals surface area contributed by atoms with Crippen LogP contribution in [-0.2, 0) is 6.42 Å². The Morgan fingerprint density at radius 3 is 3.06 bits per heavy atom. The third kappa shape index (κ3) is 2.18. The number of fused-ring (bicyclic) bond motifs is 1. The van der Waals surface area contributed by atoms with Crippen molar-refractivity contribution in [3.63, 3.8) is 0 Å². The molecule has 17 heavy (non-hydrogen) atoms. The maximum Gasteiger partial charge on any atom is 0.0707 e. The smallest absolute Gasteiger partial charge is 0.0707 e. The minimum atomic E-state index is 0.653. The van der Waals surface area contributed by atoms with Gasteiger partial charge in [0, 0.05) is 17.1 Å². The third-order valence-electron chi connectivity index (χ3n) is 3.56. The number of pyridine rings is 1. The molecule has 2 heteroatoms. The van der Waals surface area contributed by atoms with Crippen LogP contribution in [0, 0.1) is 6.92 Å². The summed E-state index contributed by atoms with van der Waals surface area (Å²) in [5.74, 6) is 0. The molecular formula is C15H18N2. The summed E-state index contributed by atoms with van der Waals surface area (Å²) in [5.41, 5.74) is 3.68. The second-order valence-electron chi connectivity index (χ2n) is 4.94. The van der Waals surface area contributed by atoms with Crippen LogP contribution >= 0.6 is 0 Å². The Bertz CT molecular complexity index is 527. The first-order valence-corrected chi connectivity index (χ1v) is 6.41. The van der Waals surface area contributed by atoms with E-state index in [0.717, 1.165) is 17.6 Å². The molecule has 1 aliphatic rings. The summed E-state index contributed by atoms with van der Waals surface area (Å²) in [6.45, 7) is 3.25. The van der Waals surface area contributed by atoms with Crippen molar-refractivity contribution in [2.45, 2.75) is 32.2 Å². The summed E-state index contributed by atoms with van der Waals surface area (Å²) in [7, 11) is 0. The highest BCUT2D eigenvalue weighted by molar-refractivity contribution is 5.82. The molecule has 0 aliphatic carbocycles. The van der Waals surface area contributed by atoms with E-state index in [2.05, 4.69) is 47.6 Å². The fourth-order valence-electron chi connectivity index (χ4n) is 2.76. The average molecular weight is 226 g/mol. The lowest BCUT2D eigenvalue weighted by atomic mass is 10.00. The minimum absolute atomic E-state index is 0.653. The minimum Gasteiger partial charge on any atom is -0.314 e. The summed E-state index contributed by atoms with van der Waals surface area (Å²) >= 11 is 0. The Hall–Kier alpha value is -1.41. The SMILES string of the molecule is Cc1cc(CC2CCCN2)c2ccccc2n1. The van der Waals surface area contributed by atoms with Crippen molar-refractivity contribution in [1.82, 2.24) is 10.3 Å². The second-order valence-corrected chi connectivity index (χ2v) is 4.94. The number of nitrogens with zero attached hydrogens (tertiary/aromatic N) is 1. The Labute approximate surface area is 102 Å². The second kappa shape index (κ2) is 4.46. The predicted octanol–water partition coefficient (Wildman–Crippen LogP) is 2.84. The molecule has 1 unspecified atom stereocenters. The highest BCUT2D eigenvalue weighted by atomic mass is 14.9. The lowest BCUT2D eigenvalue weighted by Crippen LogP contribution is -2.23. The Kier molecular flexibility index (Phi) is 2.81. The normalized spacial score (nSPS) is 19.9. The molecule has 1 N–H and O–H groups in total. The summed E-state index contributed by atoms with van der Waals surface area (Å²) in [4.78, 5) is 4.59. The van der Waals surface area contributed by atoms with E-state index >= 15 is 0 Å². The van der Waals surface area contributed by atoms with Gasteiger partial charge in [-0.1, -0.05) is 18.2 Å². The molecule has 0 radical (unpaired) electrons. The fraction of sp³-hybridized carbons (Fsp3) is 0.400. The number of nitrogens with one attached hydrogen (secondary N) is 1. The molecule has 88 valence electrons. The predicted molar refractivity (Wildman–Crippen MR) is 71.2 cm³/mol. The third-order valence-corrected chi connectivity index (χ3v) is 3.56. The van der Waals surface area contributed by atoms with Crippen LogP contribution in [0.3, 0.4) is 0 Å². The number of hydrogen-bond acceptors (Lipinski definition) is 2. The summed E-state index contributed by atoms with van der Waals surface area (Å²) < 4.78 is 0. The van der Waals surface area contributed by atoms with Crippen molar-refractivity contribution in [1.29, 1.82) is 0 Å². The molecule has 2 nitrogen and oxygen atoms in total. The van der Waals surface area contributed by atoms with Crippen LogP contribution in [0.5, 0.6) is 0 Å². The lowest BCUT2D eigenvalue weighted by Gasteiger charge is -2.13. The number of hydrogen-bond donors (Lipinski definition) is 1. The van der Waals surface area contributed by atoms with Gasteiger partial charge in [0.1, 0.15) is 0 Å². The monoisotopic (exact) mass is 226 g/mol. The number of benzene rings is 1. The molecule has 1 saturated heterocycles. The zero-order chi connectivity index (χ0) is 11.7. The van der Waals surface area contributed by atoms with Crippen LogP contribution in [0.2, 0.25) is 0 Å². The first-order valence-electron chi connectivity index (χ1n) is 6.41. The van der Waals surface area contributed by atoms with E-state index in [-0.39, 0.29) is 0 Å². The molecule has 0 saturated carbocycles. The van der Waals surface area contributed by atoms with E-state index in [1.54, 1.807) is 0 Å². The molecule has 0 amide bonds.